The minimum absolute atomic E-state index is 0.142. The summed E-state index contributed by atoms with van der Waals surface area (Å²) in [6.07, 6.45) is 1.99. The van der Waals surface area contributed by atoms with Crippen molar-refractivity contribution in [2.45, 2.75) is 18.4 Å². The topological polar surface area (TPSA) is 50.9 Å². The molecule has 2 rings (SSSR count). The van der Waals surface area contributed by atoms with Crippen LogP contribution in [0.25, 0.3) is 0 Å². The minimum atomic E-state index is 0.142. The standard InChI is InChI=1S/C6H10N2O/c7-5-1-2-6(3-8-5)4-9-6/h1-4H2,(H2,7,8). The number of rotatable bonds is 0. The van der Waals surface area contributed by atoms with Crippen molar-refractivity contribution in [2.75, 3.05) is 13.2 Å². The van der Waals surface area contributed by atoms with Gasteiger partial charge in [0, 0.05) is 6.42 Å². The molecule has 0 aromatic rings. The lowest BCUT2D eigenvalue weighted by molar-refractivity contribution is 0.292. The summed E-state index contributed by atoms with van der Waals surface area (Å²) in [4.78, 5) is 4.11. The second-order valence-corrected chi connectivity index (χ2v) is 2.78. The van der Waals surface area contributed by atoms with E-state index < -0.39 is 0 Å². The summed E-state index contributed by atoms with van der Waals surface area (Å²) in [7, 11) is 0. The maximum atomic E-state index is 5.48. The molecule has 0 aliphatic carbocycles. The van der Waals surface area contributed by atoms with Crippen molar-refractivity contribution in [3.63, 3.8) is 0 Å². The molecule has 0 radical (unpaired) electrons. The third-order valence-electron chi connectivity index (χ3n) is 1.96. The van der Waals surface area contributed by atoms with Crippen molar-refractivity contribution >= 4 is 5.84 Å². The molecule has 1 atom stereocenters. The summed E-state index contributed by atoms with van der Waals surface area (Å²) in [6, 6.07) is 0. The molecule has 2 aliphatic rings. The molecule has 0 bridgehead atoms. The zero-order valence-electron chi connectivity index (χ0n) is 5.26. The van der Waals surface area contributed by atoms with E-state index in [1.54, 1.807) is 0 Å². The Balaban J connectivity index is 2.07. The first-order valence-corrected chi connectivity index (χ1v) is 3.24. The van der Waals surface area contributed by atoms with Crippen LogP contribution in [0.1, 0.15) is 12.8 Å². The summed E-state index contributed by atoms with van der Waals surface area (Å²) < 4.78 is 5.22. The fourth-order valence-electron chi connectivity index (χ4n) is 1.10. The summed E-state index contributed by atoms with van der Waals surface area (Å²) in [5.74, 6) is 0.788. The van der Waals surface area contributed by atoms with Crippen molar-refractivity contribution in [3.8, 4) is 0 Å². The summed E-state index contributed by atoms with van der Waals surface area (Å²) in [5.41, 5.74) is 5.62. The van der Waals surface area contributed by atoms with E-state index in [0.29, 0.717) is 0 Å². The molecule has 2 aliphatic heterocycles. The van der Waals surface area contributed by atoms with Crippen molar-refractivity contribution in [1.82, 2.24) is 0 Å². The van der Waals surface area contributed by atoms with Crippen LogP contribution in [0.3, 0.4) is 0 Å². The van der Waals surface area contributed by atoms with Gasteiger partial charge in [-0.3, -0.25) is 4.99 Å². The maximum Gasteiger partial charge on any atom is 0.111 e. The Bertz CT molecular complexity index is 160. The summed E-state index contributed by atoms with van der Waals surface area (Å²) >= 11 is 0. The summed E-state index contributed by atoms with van der Waals surface area (Å²) in [5, 5.41) is 0. The lowest BCUT2D eigenvalue weighted by Gasteiger charge is -2.13. The third kappa shape index (κ3) is 0.812. The van der Waals surface area contributed by atoms with Crippen LogP contribution in [-0.4, -0.2) is 24.6 Å². The van der Waals surface area contributed by atoms with Gasteiger partial charge in [0.25, 0.3) is 0 Å². The van der Waals surface area contributed by atoms with Gasteiger partial charge in [-0.2, -0.15) is 0 Å². The molecule has 9 heavy (non-hydrogen) atoms. The van der Waals surface area contributed by atoms with Gasteiger partial charge in [-0.15, -0.1) is 0 Å². The highest BCUT2D eigenvalue weighted by atomic mass is 16.6. The van der Waals surface area contributed by atoms with Gasteiger partial charge in [-0.1, -0.05) is 0 Å². The number of amidine groups is 1. The van der Waals surface area contributed by atoms with E-state index in [2.05, 4.69) is 4.99 Å². The molecule has 0 saturated carbocycles. The molecule has 1 unspecified atom stereocenters. The predicted octanol–water partition coefficient (Wildman–Crippen LogP) is -0.0936. The number of aliphatic imine (C=N–C) groups is 1. The van der Waals surface area contributed by atoms with Crippen molar-refractivity contribution < 1.29 is 4.74 Å². The van der Waals surface area contributed by atoms with Crippen LogP contribution in [0.15, 0.2) is 4.99 Å². The molecule has 0 amide bonds. The van der Waals surface area contributed by atoms with Gasteiger partial charge in [-0.05, 0) is 6.42 Å². The van der Waals surface area contributed by atoms with Gasteiger partial charge in [0.05, 0.1) is 19.0 Å². The molecule has 0 aromatic carbocycles. The molecule has 1 fully saturated rings. The molecular formula is C6H10N2O. The molecular weight excluding hydrogens is 116 g/mol. The Morgan fingerprint density at radius 1 is 1.67 bits per heavy atom. The predicted molar refractivity (Wildman–Crippen MR) is 34.4 cm³/mol. The van der Waals surface area contributed by atoms with Crippen LogP contribution in [0, 0.1) is 0 Å². The van der Waals surface area contributed by atoms with E-state index in [1.807, 2.05) is 0 Å². The highest BCUT2D eigenvalue weighted by Gasteiger charge is 2.45. The number of ether oxygens (including phenoxy) is 1. The zero-order chi connectivity index (χ0) is 6.32. The first-order valence-electron chi connectivity index (χ1n) is 3.24. The first kappa shape index (κ1) is 5.23. The Kier molecular flexibility index (Phi) is 0.858. The monoisotopic (exact) mass is 126 g/mol. The van der Waals surface area contributed by atoms with Crippen molar-refractivity contribution in [3.05, 3.63) is 0 Å². The van der Waals surface area contributed by atoms with Crippen LogP contribution >= 0.6 is 0 Å². The molecule has 3 nitrogen and oxygen atoms in total. The lowest BCUT2D eigenvalue weighted by atomic mass is 10.0. The SMILES string of the molecule is NC1=NCC2(CC1)CO2. The Morgan fingerprint density at radius 2 is 2.44 bits per heavy atom. The second kappa shape index (κ2) is 1.48. The van der Waals surface area contributed by atoms with Gasteiger partial charge >= 0.3 is 0 Å². The van der Waals surface area contributed by atoms with Gasteiger partial charge in [-0.25, -0.2) is 0 Å². The van der Waals surface area contributed by atoms with E-state index in [-0.39, 0.29) is 5.60 Å². The van der Waals surface area contributed by atoms with E-state index >= 15 is 0 Å². The first-order chi connectivity index (χ1) is 4.31. The molecule has 1 spiro atoms. The van der Waals surface area contributed by atoms with E-state index in [9.17, 15) is 0 Å². The fraction of sp³-hybridized carbons (Fsp3) is 0.833. The third-order valence-corrected chi connectivity index (χ3v) is 1.96. The van der Waals surface area contributed by atoms with Crippen LogP contribution in [0.4, 0.5) is 0 Å². The zero-order valence-corrected chi connectivity index (χ0v) is 5.26. The Labute approximate surface area is 53.9 Å². The number of epoxide rings is 1. The largest absolute Gasteiger partial charge is 0.387 e. The smallest absolute Gasteiger partial charge is 0.111 e. The minimum Gasteiger partial charge on any atom is -0.387 e. The van der Waals surface area contributed by atoms with E-state index in [1.165, 1.54) is 0 Å². The molecule has 0 aromatic heterocycles. The average Bonchev–Trinajstić information content (AvgIpc) is 2.60. The van der Waals surface area contributed by atoms with Gasteiger partial charge < -0.3 is 10.5 Å². The average molecular weight is 126 g/mol. The molecule has 1 saturated heterocycles. The summed E-state index contributed by atoms with van der Waals surface area (Å²) in [6.45, 7) is 1.68. The van der Waals surface area contributed by atoms with Crippen LogP contribution in [-0.2, 0) is 4.74 Å². The van der Waals surface area contributed by atoms with Gasteiger partial charge in [0.2, 0.25) is 0 Å². The number of nitrogens with two attached hydrogens (primary N) is 1. The Morgan fingerprint density at radius 3 is 2.89 bits per heavy atom. The van der Waals surface area contributed by atoms with Crippen molar-refractivity contribution in [1.29, 1.82) is 0 Å². The van der Waals surface area contributed by atoms with Crippen LogP contribution in [0.2, 0.25) is 0 Å². The van der Waals surface area contributed by atoms with Crippen LogP contribution in [0.5, 0.6) is 0 Å². The van der Waals surface area contributed by atoms with Gasteiger partial charge in [0.1, 0.15) is 5.60 Å². The fourth-order valence-corrected chi connectivity index (χ4v) is 1.10. The maximum absolute atomic E-state index is 5.48. The molecule has 50 valence electrons. The quantitative estimate of drug-likeness (QED) is 0.461. The lowest BCUT2D eigenvalue weighted by Crippen LogP contribution is -2.27. The highest BCUT2D eigenvalue weighted by Crippen LogP contribution is 2.34. The molecule has 2 N–H and O–H groups in total. The number of hydrogen-bond acceptors (Lipinski definition) is 3. The highest BCUT2D eigenvalue weighted by molar-refractivity contribution is 5.81. The van der Waals surface area contributed by atoms with Crippen molar-refractivity contribution in [2.24, 2.45) is 10.7 Å². The molecule has 2 heterocycles. The van der Waals surface area contributed by atoms with Gasteiger partial charge in [0.15, 0.2) is 0 Å². The Hall–Kier alpha value is -0.570. The van der Waals surface area contributed by atoms with E-state index in [4.69, 9.17) is 10.5 Å². The molecule has 3 heteroatoms. The number of nitrogens with zero attached hydrogens (tertiary/aromatic N) is 1. The normalized spacial score (nSPS) is 40.7. The van der Waals surface area contributed by atoms with E-state index in [0.717, 1.165) is 31.8 Å². The second-order valence-electron chi connectivity index (χ2n) is 2.78. The number of hydrogen-bond donors (Lipinski definition) is 1. The van der Waals surface area contributed by atoms with Crippen LogP contribution < -0.4 is 5.73 Å².